The van der Waals surface area contributed by atoms with E-state index in [2.05, 4.69) is 0 Å². The summed E-state index contributed by atoms with van der Waals surface area (Å²) in [5, 5.41) is 29.7. The largest absolute Gasteiger partial charge is 0.478 e. The number of fused-ring (bicyclic) bond motifs is 2. The third kappa shape index (κ3) is 2.20. The Morgan fingerprint density at radius 3 is 2.55 bits per heavy atom. The summed E-state index contributed by atoms with van der Waals surface area (Å²) in [6.07, 6.45) is 4.66. The van der Waals surface area contributed by atoms with Gasteiger partial charge in [-0.05, 0) is 31.9 Å². The molecule has 0 aromatic carbocycles. The highest BCUT2D eigenvalue weighted by Crippen LogP contribution is 2.57. The third-order valence-electron chi connectivity index (χ3n) is 4.69. The van der Waals surface area contributed by atoms with Gasteiger partial charge < -0.3 is 20.1 Å². The van der Waals surface area contributed by atoms with Crippen LogP contribution in [-0.2, 0) is 9.53 Å². The van der Waals surface area contributed by atoms with Crippen LogP contribution in [0.2, 0.25) is 0 Å². The monoisotopic (exact) mass is 282 g/mol. The van der Waals surface area contributed by atoms with Crippen molar-refractivity contribution >= 4 is 5.97 Å². The van der Waals surface area contributed by atoms with Gasteiger partial charge in [-0.3, -0.25) is 0 Å². The molecule has 4 atom stereocenters. The molecule has 0 radical (unpaired) electrons. The highest BCUT2D eigenvalue weighted by Gasteiger charge is 2.67. The van der Waals surface area contributed by atoms with E-state index in [-0.39, 0.29) is 0 Å². The van der Waals surface area contributed by atoms with Gasteiger partial charge in [-0.25, -0.2) is 4.79 Å². The molecular formula is C15H22O5. The van der Waals surface area contributed by atoms with Crippen LogP contribution < -0.4 is 0 Å². The molecule has 0 spiro atoms. The first-order chi connectivity index (χ1) is 9.12. The van der Waals surface area contributed by atoms with E-state index >= 15 is 0 Å². The Morgan fingerprint density at radius 1 is 1.35 bits per heavy atom. The molecule has 1 heterocycles. The van der Waals surface area contributed by atoms with Crippen molar-refractivity contribution in [1.82, 2.24) is 0 Å². The Hall–Kier alpha value is -1.17. The second-order valence-electron chi connectivity index (χ2n) is 6.47. The fourth-order valence-corrected chi connectivity index (χ4v) is 3.52. The molecule has 1 saturated carbocycles. The van der Waals surface area contributed by atoms with Crippen molar-refractivity contribution in [1.29, 1.82) is 0 Å². The second kappa shape index (κ2) is 4.69. The van der Waals surface area contributed by atoms with E-state index < -0.39 is 28.7 Å². The second-order valence-corrected chi connectivity index (χ2v) is 6.47. The lowest BCUT2D eigenvalue weighted by Gasteiger charge is -2.49. The highest BCUT2D eigenvalue weighted by molar-refractivity contribution is 5.81. The van der Waals surface area contributed by atoms with Crippen LogP contribution in [0.4, 0.5) is 0 Å². The molecule has 5 nitrogen and oxygen atoms in total. The standard InChI is InChI=1S/C15H22O5/c1-10(6-12(17)18)4-5-15(19)13(2)7-11(16)8-14(15,3)20-9-13/h4-6,11,16,19H,7-9H2,1-3H3,(H,17,18)/b5-4-,10-6-. The lowest BCUT2D eigenvalue weighted by Crippen LogP contribution is -2.60. The summed E-state index contributed by atoms with van der Waals surface area (Å²) in [7, 11) is 0. The molecule has 4 unspecified atom stereocenters. The highest BCUT2D eigenvalue weighted by atomic mass is 16.5. The minimum atomic E-state index is -1.22. The van der Waals surface area contributed by atoms with Crippen LogP contribution in [0.25, 0.3) is 0 Å². The summed E-state index contributed by atoms with van der Waals surface area (Å²) in [5.74, 6) is -1.02. The molecule has 5 heteroatoms. The zero-order valence-electron chi connectivity index (χ0n) is 12.1. The first-order valence-electron chi connectivity index (χ1n) is 6.77. The average molecular weight is 282 g/mol. The molecule has 2 aliphatic rings. The smallest absolute Gasteiger partial charge is 0.328 e. The topological polar surface area (TPSA) is 87.0 Å². The summed E-state index contributed by atoms with van der Waals surface area (Å²) in [4.78, 5) is 10.6. The van der Waals surface area contributed by atoms with E-state index in [0.717, 1.165) is 6.08 Å². The normalized spacial score (nSPS) is 45.0. The van der Waals surface area contributed by atoms with Crippen molar-refractivity contribution in [2.24, 2.45) is 5.41 Å². The van der Waals surface area contributed by atoms with Crippen molar-refractivity contribution in [3.05, 3.63) is 23.8 Å². The molecule has 20 heavy (non-hydrogen) atoms. The fraction of sp³-hybridized carbons (Fsp3) is 0.667. The number of carboxylic acid groups (broad SMARTS) is 1. The van der Waals surface area contributed by atoms with E-state index in [1.165, 1.54) is 0 Å². The van der Waals surface area contributed by atoms with E-state index in [1.807, 2.05) is 6.92 Å². The Bertz CT molecular complexity index is 461. The molecule has 2 fully saturated rings. The number of aliphatic hydroxyl groups excluding tert-OH is 1. The minimum Gasteiger partial charge on any atom is -0.478 e. The fourth-order valence-electron chi connectivity index (χ4n) is 3.52. The van der Waals surface area contributed by atoms with Crippen molar-refractivity contribution in [2.75, 3.05) is 6.61 Å². The Kier molecular flexibility index (Phi) is 3.57. The number of allylic oxidation sites excluding steroid dienone is 2. The number of hydrogen-bond acceptors (Lipinski definition) is 4. The molecule has 112 valence electrons. The number of carboxylic acids is 1. The van der Waals surface area contributed by atoms with Gasteiger partial charge in [0.2, 0.25) is 0 Å². The summed E-state index contributed by atoms with van der Waals surface area (Å²) < 4.78 is 5.77. The number of aliphatic hydroxyl groups is 2. The number of carbonyl (C=O) groups is 1. The van der Waals surface area contributed by atoms with Crippen molar-refractivity contribution < 1.29 is 24.9 Å². The molecule has 1 saturated heterocycles. The number of ether oxygens (including phenoxy) is 1. The van der Waals surface area contributed by atoms with E-state index in [9.17, 15) is 15.0 Å². The maximum Gasteiger partial charge on any atom is 0.328 e. The van der Waals surface area contributed by atoms with Crippen LogP contribution >= 0.6 is 0 Å². The molecule has 3 N–H and O–H groups in total. The molecule has 1 aliphatic heterocycles. The Morgan fingerprint density at radius 2 is 2.00 bits per heavy atom. The maximum absolute atomic E-state index is 11.1. The molecular weight excluding hydrogens is 260 g/mol. The zero-order valence-corrected chi connectivity index (χ0v) is 12.1. The van der Waals surface area contributed by atoms with Gasteiger partial charge in [-0.2, -0.15) is 0 Å². The number of rotatable bonds is 3. The lowest BCUT2D eigenvalue weighted by molar-refractivity contribution is -0.150. The van der Waals surface area contributed by atoms with Gasteiger partial charge in [0.1, 0.15) is 11.2 Å². The zero-order chi connectivity index (χ0) is 15.2. The average Bonchev–Trinajstić information content (AvgIpc) is 2.43. The quantitative estimate of drug-likeness (QED) is 0.536. The predicted molar refractivity (Wildman–Crippen MR) is 73.2 cm³/mol. The van der Waals surface area contributed by atoms with Crippen LogP contribution in [0, 0.1) is 5.41 Å². The molecule has 0 amide bonds. The lowest BCUT2D eigenvalue weighted by atomic mass is 9.59. The van der Waals surface area contributed by atoms with Gasteiger partial charge in [0.05, 0.1) is 12.7 Å². The van der Waals surface area contributed by atoms with Crippen LogP contribution in [0.15, 0.2) is 23.8 Å². The van der Waals surface area contributed by atoms with Crippen LogP contribution in [0.3, 0.4) is 0 Å². The van der Waals surface area contributed by atoms with Gasteiger partial charge in [-0.15, -0.1) is 0 Å². The molecule has 2 bridgehead atoms. The molecule has 2 rings (SSSR count). The van der Waals surface area contributed by atoms with E-state index in [1.54, 1.807) is 26.0 Å². The van der Waals surface area contributed by atoms with Crippen LogP contribution in [-0.4, -0.2) is 45.2 Å². The summed E-state index contributed by atoms with van der Waals surface area (Å²) in [6, 6.07) is 0. The SMILES string of the molecule is CC(/C=C\C1(O)C2(C)COC1(C)CC(O)C2)=C/C(=O)O. The van der Waals surface area contributed by atoms with Gasteiger partial charge in [-0.1, -0.05) is 13.0 Å². The van der Waals surface area contributed by atoms with Crippen molar-refractivity contribution in [3.63, 3.8) is 0 Å². The van der Waals surface area contributed by atoms with Gasteiger partial charge >= 0.3 is 5.97 Å². The number of hydrogen-bond donors (Lipinski definition) is 3. The van der Waals surface area contributed by atoms with Crippen molar-refractivity contribution in [2.45, 2.75) is 50.9 Å². The molecule has 1 aliphatic carbocycles. The van der Waals surface area contributed by atoms with Gasteiger partial charge in [0, 0.05) is 17.9 Å². The van der Waals surface area contributed by atoms with Crippen LogP contribution in [0.5, 0.6) is 0 Å². The number of aliphatic carboxylic acids is 1. The minimum absolute atomic E-state index is 0.366. The van der Waals surface area contributed by atoms with Crippen molar-refractivity contribution in [3.8, 4) is 0 Å². The summed E-state index contributed by atoms with van der Waals surface area (Å²) >= 11 is 0. The maximum atomic E-state index is 11.1. The molecule has 0 aromatic heterocycles. The van der Waals surface area contributed by atoms with Gasteiger partial charge in [0.15, 0.2) is 0 Å². The first kappa shape index (κ1) is 15.2. The summed E-state index contributed by atoms with van der Waals surface area (Å²) in [6.45, 7) is 5.73. The van der Waals surface area contributed by atoms with E-state index in [0.29, 0.717) is 25.0 Å². The van der Waals surface area contributed by atoms with E-state index in [4.69, 9.17) is 9.84 Å². The van der Waals surface area contributed by atoms with Crippen LogP contribution in [0.1, 0.15) is 33.6 Å². The van der Waals surface area contributed by atoms with Gasteiger partial charge in [0.25, 0.3) is 0 Å². The predicted octanol–water partition coefficient (Wildman–Crippen LogP) is 1.25. The Labute approximate surface area is 118 Å². The molecule has 0 aromatic rings. The Balaban J connectivity index is 2.34. The summed E-state index contributed by atoms with van der Waals surface area (Å²) in [5.41, 5.74) is -2.09. The third-order valence-corrected chi connectivity index (χ3v) is 4.69. The first-order valence-corrected chi connectivity index (χ1v) is 6.77.